The number of phenolic OH excluding ortho intramolecular Hbond substituents is 2. The fraction of sp³-hybridized carbons (Fsp3) is 0.429. The quantitative estimate of drug-likeness (QED) is 0.255. The van der Waals surface area contributed by atoms with Crippen molar-refractivity contribution in [1.82, 2.24) is 9.80 Å². The van der Waals surface area contributed by atoms with Gasteiger partial charge in [-0.15, -0.1) is 0 Å². The molecule has 0 heterocycles. The summed E-state index contributed by atoms with van der Waals surface area (Å²) >= 11 is 6.92. The van der Waals surface area contributed by atoms with Gasteiger partial charge in [-0.25, -0.2) is 0 Å². The van der Waals surface area contributed by atoms with Crippen molar-refractivity contribution in [1.29, 1.82) is 0 Å². The van der Waals surface area contributed by atoms with E-state index in [1.807, 2.05) is 12.1 Å². The number of hydrogen-bond donors (Lipinski definition) is 2. The number of hydrogen-bond acceptors (Lipinski definition) is 4. The van der Waals surface area contributed by atoms with Gasteiger partial charge in [0.15, 0.2) is 0 Å². The van der Waals surface area contributed by atoms with Crippen molar-refractivity contribution in [3.63, 3.8) is 0 Å². The minimum Gasteiger partial charge on any atom is -0.507 e. The fourth-order valence-corrected chi connectivity index (χ4v) is 4.76. The monoisotopic (exact) mass is 592 g/mol. The van der Waals surface area contributed by atoms with E-state index in [0.717, 1.165) is 68.5 Å². The zero-order valence-electron chi connectivity index (χ0n) is 20.9. The Balaban J connectivity index is 2.70. The molecule has 0 radical (unpaired) electrons. The molecule has 0 unspecified atom stereocenters. The van der Waals surface area contributed by atoms with Crippen molar-refractivity contribution in [2.24, 2.45) is 0 Å². The first kappa shape index (κ1) is 28.6. The van der Waals surface area contributed by atoms with Crippen LogP contribution < -0.4 is 0 Å². The number of aromatic hydroxyl groups is 2. The first-order valence-electron chi connectivity index (χ1n) is 11.9. The van der Waals surface area contributed by atoms with Gasteiger partial charge in [-0.2, -0.15) is 0 Å². The molecule has 6 heteroatoms. The van der Waals surface area contributed by atoms with E-state index in [9.17, 15) is 10.2 Å². The molecule has 34 heavy (non-hydrogen) atoms. The first-order chi connectivity index (χ1) is 16.1. The number of phenols is 2. The van der Waals surface area contributed by atoms with Crippen molar-refractivity contribution >= 4 is 31.9 Å². The number of halogens is 2. The third kappa shape index (κ3) is 7.70. The van der Waals surface area contributed by atoms with Crippen molar-refractivity contribution in [3.05, 3.63) is 68.6 Å². The lowest BCUT2D eigenvalue weighted by molar-refractivity contribution is 0.290. The average Bonchev–Trinajstić information content (AvgIpc) is 2.79. The molecule has 0 aliphatic carbocycles. The van der Waals surface area contributed by atoms with Crippen LogP contribution in [0.3, 0.4) is 0 Å². The molecule has 0 amide bonds. The number of allylic oxidation sites excluding steroid dienone is 2. The fourth-order valence-electron chi connectivity index (χ4n) is 4.15. The maximum absolute atomic E-state index is 11.1. The smallest absolute Gasteiger partial charge is 0.123 e. The molecule has 0 aromatic heterocycles. The molecule has 0 aliphatic rings. The second-order valence-electron chi connectivity index (χ2n) is 8.60. The van der Waals surface area contributed by atoms with Crippen LogP contribution in [0.1, 0.15) is 49.9 Å². The molecule has 0 atom stereocenters. The molecule has 2 aromatic rings. The van der Waals surface area contributed by atoms with Gasteiger partial charge in [0.25, 0.3) is 0 Å². The molecule has 0 saturated carbocycles. The summed E-state index contributed by atoms with van der Waals surface area (Å²) in [7, 11) is 0. The van der Waals surface area contributed by atoms with E-state index in [-0.39, 0.29) is 0 Å². The van der Waals surface area contributed by atoms with Crippen LogP contribution in [-0.4, -0.2) is 46.2 Å². The molecule has 0 fully saturated rings. The third-order valence-corrected chi connectivity index (χ3v) is 6.77. The summed E-state index contributed by atoms with van der Waals surface area (Å²) < 4.78 is 1.64. The third-order valence-electron chi connectivity index (χ3n) is 6.21. The maximum Gasteiger partial charge on any atom is 0.123 e. The highest BCUT2D eigenvalue weighted by Gasteiger charge is 2.18. The van der Waals surface area contributed by atoms with Crippen LogP contribution in [0.2, 0.25) is 0 Å². The van der Waals surface area contributed by atoms with Crippen LogP contribution in [0.4, 0.5) is 0 Å². The van der Waals surface area contributed by atoms with E-state index >= 15 is 0 Å². The second-order valence-corrected chi connectivity index (χ2v) is 10.8. The first-order valence-corrected chi connectivity index (χ1v) is 13.5. The van der Waals surface area contributed by atoms with Gasteiger partial charge >= 0.3 is 0 Å². The van der Waals surface area contributed by atoms with Gasteiger partial charge in [-0.3, -0.25) is 9.80 Å². The summed E-state index contributed by atoms with van der Waals surface area (Å²) in [6.07, 6.45) is 1.08. The summed E-state index contributed by atoms with van der Waals surface area (Å²) in [5.41, 5.74) is 5.51. The highest BCUT2D eigenvalue weighted by Crippen LogP contribution is 2.37. The number of nitrogens with zero attached hydrogens (tertiary/aromatic N) is 2. The Kier molecular flexibility index (Phi) is 11.4. The van der Waals surface area contributed by atoms with E-state index in [1.165, 1.54) is 0 Å². The maximum atomic E-state index is 11.1. The second kappa shape index (κ2) is 13.5. The number of rotatable bonds is 13. The van der Waals surface area contributed by atoms with Crippen molar-refractivity contribution < 1.29 is 10.2 Å². The van der Waals surface area contributed by atoms with Gasteiger partial charge < -0.3 is 10.2 Å². The molecule has 0 saturated heterocycles. The van der Waals surface area contributed by atoms with Crippen LogP contribution in [0.25, 0.3) is 11.1 Å². The Labute approximate surface area is 222 Å². The highest BCUT2D eigenvalue weighted by atomic mass is 79.9. The topological polar surface area (TPSA) is 46.9 Å². The molecule has 2 aromatic carbocycles. The molecule has 2 N–H and O–H groups in total. The van der Waals surface area contributed by atoms with Crippen molar-refractivity contribution in [2.75, 3.05) is 26.2 Å². The van der Waals surface area contributed by atoms with Gasteiger partial charge in [-0.1, -0.05) is 72.7 Å². The molecule has 186 valence electrons. The summed E-state index contributed by atoms with van der Waals surface area (Å²) in [5, 5.41) is 22.1. The molecule has 0 aliphatic heterocycles. The van der Waals surface area contributed by atoms with E-state index in [4.69, 9.17) is 0 Å². The van der Waals surface area contributed by atoms with Gasteiger partial charge in [0.2, 0.25) is 0 Å². The standard InChI is InChI=1S/C28H38Br2N2O2/c1-7-31(8-2)17-25-15-21(13-23(27(25)33)11-19(5)29)22-14-24(12-20(6)30)28(34)26(16-22)18-32(9-3)10-4/h13-16,33-34H,5-12,17-18H2,1-4H3. The minimum absolute atomic E-state index is 0.326. The molecule has 0 bridgehead atoms. The van der Waals surface area contributed by atoms with E-state index in [0.29, 0.717) is 37.4 Å². The van der Waals surface area contributed by atoms with Gasteiger partial charge in [-0.05, 0) is 81.7 Å². The summed E-state index contributed by atoms with van der Waals surface area (Å²) in [5.74, 6) is 0.653. The Morgan fingerprint density at radius 3 is 1.21 bits per heavy atom. The van der Waals surface area contributed by atoms with E-state index < -0.39 is 0 Å². The minimum atomic E-state index is 0.326. The van der Waals surface area contributed by atoms with Crippen molar-refractivity contribution in [2.45, 2.75) is 53.6 Å². The zero-order chi connectivity index (χ0) is 25.4. The van der Waals surface area contributed by atoms with Crippen LogP contribution in [0, 0.1) is 0 Å². The molecule has 4 nitrogen and oxygen atoms in total. The average molecular weight is 594 g/mol. The SMILES string of the molecule is C=C(Br)Cc1cc(-c2cc(CC(=C)Br)c(O)c(CN(CC)CC)c2)cc(CN(CC)CC)c1O. The molecule has 0 spiro atoms. The molecular formula is C28H38Br2N2O2. The van der Waals surface area contributed by atoms with Gasteiger partial charge in [0.1, 0.15) is 11.5 Å². The lowest BCUT2D eigenvalue weighted by atomic mass is 9.93. The van der Waals surface area contributed by atoms with Crippen LogP contribution >= 0.6 is 31.9 Å². The van der Waals surface area contributed by atoms with E-state index in [2.05, 4.69) is 94.6 Å². The number of benzene rings is 2. The van der Waals surface area contributed by atoms with Crippen LogP contribution in [-0.2, 0) is 25.9 Å². The highest BCUT2D eigenvalue weighted by molar-refractivity contribution is 9.12. The largest absolute Gasteiger partial charge is 0.507 e. The Bertz CT molecular complexity index is 930. The van der Waals surface area contributed by atoms with Crippen molar-refractivity contribution in [3.8, 4) is 22.6 Å². The predicted octanol–water partition coefficient (Wildman–Crippen LogP) is 7.35. The van der Waals surface area contributed by atoms with Crippen LogP contribution in [0.5, 0.6) is 11.5 Å². The van der Waals surface area contributed by atoms with Gasteiger partial charge in [0, 0.05) is 37.1 Å². The van der Waals surface area contributed by atoms with Crippen LogP contribution in [0.15, 0.2) is 46.4 Å². The van der Waals surface area contributed by atoms with E-state index in [1.54, 1.807) is 0 Å². The molecular weight excluding hydrogens is 556 g/mol. The Morgan fingerprint density at radius 1 is 0.647 bits per heavy atom. The lowest BCUT2D eigenvalue weighted by Crippen LogP contribution is -2.22. The summed E-state index contributed by atoms with van der Waals surface area (Å²) in [4.78, 5) is 4.57. The van der Waals surface area contributed by atoms with Gasteiger partial charge in [0.05, 0.1) is 0 Å². The lowest BCUT2D eigenvalue weighted by Gasteiger charge is -2.22. The summed E-state index contributed by atoms with van der Waals surface area (Å²) in [6, 6.07) is 8.23. The normalized spacial score (nSPS) is 11.4. The Hall–Kier alpha value is -1.60. The summed E-state index contributed by atoms with van der Waals surface area (Å²) in [6.45, 7) is 21.5. The Morgan fingerprint density at radius 2 is 0.941 bits per heavy atom. The predicted molar refractivity (Wildman–Crippen MR) is 152 cm³/mol. The molecule has 2 rings (SSSR count). The zero-order valence-corrected chi connectivity index (χ0v) is 24.1.